The number of benzene rings is 1. The number of hydrogen-bond acceptors (Lipinski definition) is 4. The predicted octanol–water partition coefficient (Wildman–Crippen LogP) is 3.04. The third-order valence-corrected chi connectivity index (χ3v) is 4.44. The standard InChI is InChI=1S/C17H23N3OS/c1-5-16-18-10-15(22-16)12-20(4)17(21)14-8-6-7-13(9-14)11-19(2)3/h6-10H,5,11-12H2,1-4H3. The van der Waals surface area contributed by atoms with Crippen molar-refractivity contribution in [1.82, 2.24) is 14.8 Å². The average molecular weight is 317 g/mol. The highest BCUT2D eigenvalue weighted by Gasteiger charge is 2.14. The van der Waals surface area contributed by atoms with Gasteiger partial charge in [-0.1, -0.05) is 19.1 Å². The molecule has 0 bridgehead atoms. The largest absolute Gasteiger partial charge is 0.337 e. The molecule has 118 valence electrons. The first kappa shape index (κ1) is 16.6. The lowest BCUT2D eigenvalue weighted by atomic mass is 10.1. The highest BCUT2D eigenvalue weighted by atomic mass is 32.1. The minimum atomic E-state index is 0.0482. The first-order valence-corrected chi connectivity index (χ1v) is 8.24. The maximum Gasteiger partial charge on any atom is 0.253 e. The Morgan fingerprint density at radius 3 is 2.64 bits per heavy atom. The number of amides is 1. The van der Waals surface area contributed by atoms with E-state index in [0.29, 0.717) is 6.54 Å². The molecule has 1 aromatic heterocycles. The van der Waals surface area contributed by atoms with Gasteiger partial charge in [0.25, 0.3) is 5.91 Å². The van der Waals surface area contributed by atoms with Crippen molar-refractivity contribution in [3.8, 4) is 0 Å². The van der Waals surface area contributed by atoms with E-state index < -0.39 is 0 Å². The summed E-state index contributed by atoms with van der Waals surface area (Å²) in [4.78, 5) is 21.9. The topological polar surface area (TPSA) is 36.4 Å². The van der Waals surface area contributed by atoms with E-state index in [1.165, 1.54) is 0 Å². The smallest absolute Gasteiger partial charge is 0.253 e. The highest BCUT2D eigenvalue weighted by molar-refractivity contribution is 7.11. The molecule has 2 rings (SSSR count). The lowest BCUT2D eigenvalue weighted by Crippen LogP contribution is -2.26. The molecule has 5 heteroatoms. The van der Waals surface area contributed by atoms with Crippen LogP contribution in [0.2, 0.25) is 0 Å². The van der Waals surface area contributed by atoms with Gasteiger partial charge in [0.05, 0.1) is 11.6 Å². The molecule has 0 N–H and O–H groups in total. The molecule has 4 nitrogen and oxygen atoms in total. The van der Waals surface area contributed by atoms with E-state index in [1.54, 1.807) is 16.2 Å². The predicted molar refractivity (Wildman–Crippen MR) is 91.1 cm³/mol. The number of hydrogen-bond donors (Lipinski definition) is 0. The van der Waals surface area contributed by atoms with Crippen LogP contribution in [0.15, 0.2) is 30.5 Å². The van der Waals surface area contributed by atoms with E-state index in [4.69, 9.17) is 0 Å². The molecular formula is C17H23N3OS. The van der Waals surface area contributed by atoms with E-state index in [-0.39, 0.29) is 5.91 Å². The van der Waals surface area contributed by atoms with Crippen molar-refractivity contribution in [1.29, 1.82) is 0 Å². The van der Waals surface area contributed by atoms with Gasteiger partial charge in [0.2, 0.25) is 0 Å². The summed E-state index contributed by atoms with van der Waals surface area (Å²) >= 11 is 1.67. The van der Waals surface area contributed by atoms with Crippen molar-refractivity contribution in [3.05, 3.63) is 51.5 Å². The molecule has 0 aliphatic rings. The van der Waals surface area contributed by atoms with Gasteiger partial charge in [0, 0.05) is 30.2 Å². The Morgan fingerprint density at radius 2 is 2.00 bits per heavy atom. The Bertz CT molecular complexity index is 636. The quantitative estimate of drug-likeness (QED) is 0.821. The fraction of sp³-hybridized carbons (Fsp3) is 0.412. The van der Waals surface area contributed by atoms with Gasteiger partial charge in [-0.15, -0.1) is 11.3 Å². The number of carbonyl (C=O) groups is 1. The first-order chi connectivity index (χ1) is 10.5. The Morgan fingerprint density at radius 1 is 1.23 bits per heavy atom. The fourth-order valence-electron chi connectivity index (χ4n) is 2.28. The van der Waals surface area contributed by atoms with Crippen LogP contribution in [-0.4, -0.2) is 41.8 Å². The zero-order valence-electron chi connectivity index (χ0n) is 13.7. The van der Waals surface area contributed by atoms with Gasteiger partial charge >= 0.3 is 0 Å². The number of rotatable bonds is 6. The second-order valence-corrected chi connectivity index (χ2v) is 6.87. The summed E-state index contributed by atoms with van der Waals surface area (Å²) in [6, 6.07) is 7.85. The molecule has 2 aromatic rings. The van der Waals surface area contributed by atoms with Crippen LogP contribution in [-0.2, 0) is 19.5 Å². The third kappa shape index (κ3) is 4.39. The molecule has 0 atom stereocenters. The van der Waals surface area contributed by atoms with Crippen LogP contribution in [0.4, 0.5) is 0 Å². The van der Waals surface area contributed by atoms with Gasteiger partial charge < -0.3 is 9.80 Å². The lowest BCUT2D eigenvalue weighted by Gasteiger charge is -2.17. The van der Waals surface area contributed by atoms with Crippen molar-refractivity contribution in [2.75, 3.05) is 21.1 Å². The number of nitrogens with zero attached hydrogens (tertiary/aromatic N) is 3. The minimum absolute atomic E-state index is 0.0482. The van der Waals surface area contributed by atoms with Crippen LogP contribution in [0, 0.1) is 0 Å². The van der Waals surface area contributed by atoms with E-state index >= 15 is 0 Å². The second kappa shape index (κ2) is 7.51. The summed E-state index contributed by atoms with van der Waals surface area (Å²) in [7, 11) is 5.89. The molecule has 1 aromatic carbocycles. The zero-order chi connectivity index (χ0) is 16.1. The Kier molecular flexibility index (Phi) is 5.69. The fourth-order valence-corrected chi connectivity index (χ4v) is 3.19. The van der Waals surface area contributed by atoms with Crippen LogP contribution >= 0.6 is 11.3 Å². The van der Waals surface area contributed by atoms with Crippen molar-refractivity contribution in [3.63, 3.8) is 0 Å². The monoisotopic (exact) mass is 317 g/mol. The van der Waals surface area contributed by atoms with Crippen molar-refractivity contribution < 1.29 is 4.79 Å². The Hall–Kier alpha value is -1.72. The van der Waals surface area contributed by atoms with Crippen molar-refractivity contribution in [2.45, 2.75) is 26.4 Å². The number of aromatic nitrogens is 1. The lowest BCUT2D eigenvalue weighted by molar-refractivity contribution is 0.0786. The van der Waals surface area contributed by atoms with E-state index in [0.717, 1.165) is 34.0 Å². The summed E-state index contributed by atoms with van der Waals surface area (Å²) in [5.74, 6) is 0.0482. The van der Waals surface area contributed by atoms with Crippen LogP contribution in [0.1, 0.15) is 32.7 Å². The normalized spacial score (nSPS) is 11.0. The molecule has 1 amide bonds. The van der Waals surface area contributed by atoms with Gasteiger partial charge in [0.1, 0.15) is 0 Å². The molecule has 0 radical (unpaired) electrons. The van der Waals surface area contributed by atoms with E-state index in [2.05, 4.69) is 16.8 Å². The zero-order valence-corrected chi connectivity index (χ0v) is 14.5. The molecule has 22 heavy (non-hydrogen) atoms. The van der Waals surface area contributed by atoms with Crippen LogP contribution in [0.3, 0.4) is 0 Å². The highest BCUT2D eigenvalue weighted by Crippen LogP contribution is 2.17. The van der Waals surface area contributed by atoms with Crippen LogP contribution < -0.4 is 0 Å². The van der Waals surface area contributed by atoms with Crippen molar-refractivity contribution in [2.24, 2.45) is 0 Å². The van der Waals surface area contributed by atoms with Gasteiger partial charge in [-0.05, 0) is 38.2 Å². The number of carbonyl (C=O) groups excluding carboxylic acids is 1. The average Bonchev–Trinajstić information content (AvgIpc) is 2.93. The maximum absolute atomic E-state index is 12.6. The number of thiazole rings is 1. The van der Waals surface area contributed by atoms with Gasteiger partial charge in [-0.2, -0.15) is 0 Å². The summed E-state index contributed by atoms with van der Waals surface area (Å²) in [6.45, 7) is 3.53. The minimum Gasteiger partial charge on any atom is -0.337 e. The molecular weight excluding hydrogens is 294 g/mol. The van der Waals surface area contributed by atoms with Gasteiger partial charge in [-0.3, -0.25) is 4.79 Å². The Labute approximate surface area is 136 Å². The van der Waals surface area contributed by atoms with E-state index in [1.807, 2.05) is 51.6 Å². The summed E-state index contributed by atoms with van der Waals surface area (Å²) in [6.07, 6.45) is 2.81. The Balaban J connectivity index is 2.06. The molecule has 0 unspecified atom stereocenters. The maximum atomic E-state index is 12.6. The molecule has 0 saturated carbocycles. The van der Waals surface area contributed by atoms with Crippen LogP contribution in [0.5, 0.6) is 0 Å². The SMILES string of the molecule is CCc1ncc(CN(C)C(=O)c2cccc(CN(C)C)c2)s1. The van der Waals surface area contributed by atoms with Crippen LogP contribution in [0.25, 0.3) is 0 Å². The van der Waals surface area contributed by atoms with E-state index in [9.17, 15) is 4.79 Å². The third-order valence-electron chi connectivity index (χ3n) is 3.32. The molecule has 0 aliphatic heterocycles. The summed E-state index contributed by atoms with van der Waals surface area (Å²) in [5, 5.41) is 1.11. The molecule has 1 heterocycles. The molecule has 0 fully saturated rings. The molecule has 0 spiro atoms. The second-order valence-electron chi connectivity index (χ2n) is 5.67. The summed E-state index contributed by atoms with van der Waals surface area (Å²) in [5.41, 5.74) is 1.89. The van der Waals surface area contributed by atoms with Gasteiger partial charge in [-0.25, -0.2) is 4.98 Å². The van der Waals surface area contributed by atoms with Gasteiger partial charge in [0.15, 0.2) is 0 Å². The summed E-state index contributed by atoms with van der Waals surface area (Å²) < 4.78 is 0. The molecule has 0 saturated heterocycles. The number of aryl methyl sites for hydroxylation is 1. The van der Waals surface area contributed by atoms with Crippen molar-refractivity contribution >= 4 is 17.2 Å². The molecule has 0 aliphatic carbocycles. The first-order valence-electron chi connectivity index (χ1n) is 7.42.